The molecule has 1 heterocycles. The van der Waals surface area contributed by atoms with Crippen LogP contribution in [-0.2, 0) is 4.79 Å². The first-order valence-corrected chi connectivity index (χ1v) is 12.7. The van der Waals surface area contributed by atoms with E-state index in [1.54, 1.807) is 24.3 Å². The molecule has 0 aliphatic heterocycles. The molecule has 0 unspecified atom stereocenters. The summed E-state index contributed by atoms with van der Waals surface area (Å²) in [6, 6.07) is -0.361. The minimum atomic E-state index is -4.59. The first-order valence-electron chi connectivity index (χ1n) is 11.9. The van der Waals surface area contributed by atoms with E-state index < -0.39 is 11.9 Å². The van der Waals surface area contributed by atoms with Crippen molar-refractivity contribution in [3.8, 4) is 0 Å². The Morgan fingerprint density at radius 3 is 2.57 bits per heavy atom. The molecule has 0 spiro atoms. The summed E-state index contributed by atoms with van der Waals surface area (Å²) in [5.74, 6) is 0.0103. The van der Waals surface area contributed by atoms with E-state index in [1.807, 2.05) is 19.2 Å². The molecule has 1 aromatic rings. The Morgan fingerprint density at radius 1 is 1.24 bits per heavy atom. The number of hydrogen-bond donors (Lipinski definition) is 5. The molecule has 0 aromatic carbocycles. The van der Waals surface area contributed by atoms with Gasteiger partial charge < -0.3 is 22.1 Å². The third-order valence-electron chi connectivity index (χ3n) is 5.71. The third-order valence-corrected chi connectivity index (χ3v) is 7.01. The Morgan fingerprint density at radius 2 is 1.95 bits per heavy atom. The number of thiazole rings is 1. The highest BCUT2D eigenvalue weighted by Crippen LogP contribution is 2.38. The van der Waals surface area contributed by atoms with Crippen LogP contribution in [0.1, 0.15) is 55.3 Å². The second-order valence-corrected chi connectivity index (χ2v) is 9.61. The van der Waals surface area contributed by atoms with Crippen LogP contribution in [0.4, 0.5) is 18.0 Å². The molecular weight excluding hydrogens is 507 g/mol. The van der Waals surface area contributed by atoms with Gasteiger partial charge in [-0.2, -0.15) is 13.2 Å². The average Bonchev–Trinajstić information content (AvgIpc) is 3.33. The number of hydrogen-bond acceptors (Lipinski definition) is 7. The van der Waals surface area contributed by atoms with Crippen LogP contribution in [0.5, 0.6) is 0 Å². The molecule has 0 saturated heterocycles. The van der Waals surface area contributed by atoms with Crippen LogP contribution in [0.15, 0.2) is 40.8 Å². The number of carbonyl (C=O) groups excluding carboxylic acids is 2. The summed E-state index contributed by atoms with van der Waals surface area (Å²) in [5, 5.41) is 9.41. The monoisotopic (exact) mass is 541 g/mol. The molecule has 37 heavy (non-hydrogen) atoms. The zero-order chi connectivity index (χ0) is 27.4. The Labute approximate surface area is 218 Å². The maximum Gasteiger partial charge on any atom is 0.430 e. The number of allylic oxidation sites excluding steroid dienone is 4. The van der Waals surface area contributed by atoms with E-state index in [-0.39, 0.29) is 24.5 Å². The predicted octanol–water partition coefficient (Wildman–Crippen LogP) is 3.53. The normalized spacial score (nSPS) is 19.8. The number of carbonyl (C=O) groups is 2. The minimum Gasteiger partial charge on any atom is -0.395 e. The van der Waals surface area contributed by atoms with Crippen LogP contribution in [-0.4, -0.2) is 49.1 Å². The van der Waals surface area contributed by atoms with Crippen molar-refractivity contribution in [2.45, 2.75) is 51.6 Å². The van der Waals surface area contributed by atoms with Gasteiger partial charge in [0.05, 0.1) is 16.6 Å². The second kappa shape index (κ2) is 14.5. The lowest BCUT2D eigenvalue weighted by Crippen LogP contribution is -2.34. The summed E-state index contributed by atoms with van der Waals surface area (Å²) >= 11 is 1.59. The van der Waals surface area contributed by atoms with Crippen molar-refractivity contribution >= 4 is 35.1 Å². The van der Waals surface area contributed by atoms with E-state index >= 15 is 0 Å². The topological polar surface area (TPSA) is 148 Å². The van der Waals surface area contributed by atoms with Gasteiger partial charge >= 0.3 is 12.2 Å². The molecule has 204 valence electrons. The SMILES string of the molecule is CCNC(=O)NC(=C/CNC/N=C\C=C(/N)C(F)(F)F)/C=C(\C)c1cnc(C2CCC(C(N)=O)CC2)s1. The molecule has 2 rings (SSSR count). The molecule has 0 radical (unpaired) electrons. The molecule has 1 aliphatic carbocycles. The smallest absolute Gasteiger partial charge is 0.395 e. The van der Waals surface area contributed by atoms with Gasteiger partial charge in [-0.3, -0.25) is 15.1 Å². The van der Waals surface area contributed by atoms with E-state index in [0.717, 1.165) is 47.4 Å². The summed E-state index contributed by atoms with van der Waals surface area (Å²) in [6.07, 6.45) is 5.76. The first-order chi connectivity index (χ1) is 17.5. The lowest BCUT2D eigenvalue weighted by Gasteiger charge is -2.25. The van der Waals surface area contributed by atoms with Gasteiger partial charge in [-0.1, -0.05) is 0 Å². The van der Waals surface area contributed by atoms with Crippen molar-refractivity contribution < 1.29 is 22.8 Å². The maximum atomic E-state index is 12.3. The molecule has 7 N–H and O–H groups in total. The minimum absolute atomic E-state index is 0.0564. The molecule has 0 atom stereocenters. The Balaban J connectivity index is 2.02. The zero-order valence-electron chi connectivity index (χ0n) is 20.9. The van der Waals surface area contributed by atoms with E-state index in [9.17, 15) is 22.8 Å². The molecule has 1 aromatic heterocycles. The number of aliphatic imine (C=N–C) groups is 1. The number of primary amides is 1. The highest BCUT2D eigenvalue weighted by atomic mass is 32.1. The standard InChI is InChI=1S/C24H34F3N7O2S/c1-3-32-23(36)34-18(8-10-30-14-31-11-9-20(28)24(25,26)27)12-15(2)19-13-33-22(37-19)17-6-4-16(5-7-17)21(29)35/h8-9,11-13,16-17,30H,3-7,10,14,28H2,1-2H3,(H2,29,35)(H2,32,34,36)/b15-12+,18-8+,20-9-,31-11-. The summed E-state index contributed by atoms with van der Waals surface area (Å²) < 4.78 is 37.0. The summed E-state index contributed by atoms with van der Waals surface area (Å²) in [6.45, 7) is 4.55. The largest absolute Gasteiger partial charge is 0.430 e. The molecule has 1 fully saturated rings. The van der Waals surface area contributed by atoms with Crippen LogP contribution in [0.2, 0.25) is 0 Å². The van der Waals surface area contributed by atoms with E-state index in [0.29, 0.717) is 30.8 Å². The Bertz CT molecular complexity index is 1040. The van der Waals surface area contributed by atoms with E-state index in [2.05, 4.69) is 25.9 Å². The van der Waals surface area contributed by atoms with Crippen molar-refractivity contribution in [1.29, 1.82) is 0 Å². The Kier molecular flexibility index (Phi) is 11.8. The van der Waals surface area contributed by atoms with Crippen LogP contribution in [0.3, 0.4) is 0 Å². The molecule has 13 heteroatoms. The summed E-state index contributed by atoms with van der Waals surface area (Å²) in [5.41, 5.74) is 10.5. The van der Waals surface area contributed by atoms with Gasteiger partial charge in [-0.05, 0) is 63.3 Å². The number of urea groups is 1. The predicted molar refractivity (Wildman–Crippen MR) is 140 cm³/mol. The van der Waals surface area contributed by atoms with Gasteiger partial charge in [0.15, 0.2) is 0 Å². The quantitative estimate of drug-likeness (QED) is 0.165. The summed E-state index contributed by atoms with van der Waals surface area (Å²) in [7, 11) is 0. The number of alkyl halides is 3. The van der Waals surface area contributed by atoms with Crippen molar-refractivity contribution in [3.05, 3.63) is 45.7 Å². The molecule has 1 aliphatic rings. The van der Waals surface area contributed by atoms with Gasteiger partial charge in [-0.25, -0.2) is 9.78 Å². The Hall–Kier alpha value is -3.19. The van der Waals surface area contributed by atoms with E-state index in [4.69, 9.17) is 11.5 Å². The van der Waals surface area contributed by atoms with Crippen LogP contribution in [0, 0.1) is 5.92 Å². The number of nitrogens with two attached hydrogens (primary N) is 2. The van der Waals surface area contributed by atoms with Gasteiger partial charge in [0, 0.05) is 43.0 Å². The lowest BCUT2D eigenvalue weighted by molar-refractivity contribution is -0.122. The number of aromatic nitrogens is 1. The zero-order valence-corrected chi connectivity index (χ0v) is 21.7. The van der Waals surface area contributed by atoms with Gasteiger partial charge in [0.2, 0.25) is 5.91 Å². The third kappa shape index (κ3) is 10.4. The molecule has 9 nitrogen and oxygen atoms in total. The number of nitrogens with one attached hydrogen (secondary N) is 3. The molecule has 1 saturated carbocycles. The highest BCUT2D eigenvalue weighted by Gasteiger charge is 2.30. The fourth-order valence-electron chi connectivity index (χ4n) is 3.66. The molecule has 3 amide bonds. The second-order valence-electron chi connectivity index (χ2n) is 8.55. The number of amides is 3. The number of nitrogens with zero attached hydrogens (tertiary/aromatic N) is 2. The van der Waals surface area contributed by atoms with Crippen molar-refractivity contribution in [2.75, 3.05) is 19.8 Å². The van der Waals surface area contributed by atoms with Gasteiger partial charge in [0.1, 0.15) is 5.70 Å². The molecule has 0 bridgehead atoms. The van der Waals surface area contributed by atoms with Crippen LogP contribution >= 0.6 is 11.3 Å². The van der Waals surface area contributed by atoms with Crippen molar-refractivity contribution in [2.24, 2.45) is 22.4 Å². The van der Waals surface area contributed by atoms with Gasteiger partial charge in [0.25, 0.3) is 0 Å². The van der Waals surface area contributed by atoms with E-state index in [1.165, 1.54) is 0 Å². The van der Waals surface area contributed by atoms with Crippen LogP contribution < -0.4 is 27.4 Å². The maximum absolute atomic E-state index is 12.3. The van der Waals surface area contributed by atoms with Crippen molar-refractivity contribution in [1.82, 2.24) is 20.9 Å². The lowest BCUT2D eigenvalue weighted by atomic mass is 9.82. The number of halogens is 3. The van der Waals surface area contributed by atoms with Crippen molar-refractivity contribution in [3.63, 3.8) is 0 Å². The van der Waals surface area contributed by atoms with Gasteiger partial charge in [-0.15, -0.1) is 11.3 Å². The first kappa shape index (κ1) is 30.0. The molecular formula is C24H34F3N7O2S. The van der Waals surface area contributed by atoms with Crippen LogP contribution in [0.25, 0.3) is 5.57 Å². The fourth-order valence-corrected chi connectivity index (χ4v) is 4.72. The average molecular weight is 542 g/mol. The number of rotatable bonds is 11. The summed E-state index contributed by atoms with van der Waals surface area (Å²) in [4.78, 5) is 32.9. The highest BCUT2D eigenvalue weighted by molar-refractivity contribution is 7.12. The fraction of sp³-hybridized carbons (Fsp3) is 0.500.